The van der Waals surface area contributed by atoms with Crippen LogP contribution in [0.5, 0.6) is 0 Å². The average Bonchev–Trinajstić information content (AvgIpc) is 2.50. The van der Waals surface area contributed by atoms with Gasteiger partial charge >= 0.3 is 0 Å². The number of piperazine rings is 1. The minimum atomic E-state index is 0.307. The first-order valence-electron chi connectivity index (χ1n) is 8.01. The van der Waals surface area contributed by atoms with Crippen LogP contribution in [0.2, 0.25) is 5.02 Å². The molecule has 0 amide bonds. The summed E-state index contributed by atoms with van der Waals surface area (Å²) in [5.41, 5.74) is 8.63. The third-order valence-corrected chi connectivity index (χ3v) is 5.05. The van der Waals surface area contributed by atoms with Gasteiger partial charge in [0.1, 0.15) is 0 Å². The summed E-state index contributed by atoms with van der Waals surface area (Å²) < 4.78 is 0. The summed E-state index contributed by atoms with van der Waals surface area (Å²) in [6, 6.07) is 7.13. The molecule has 1 saturated heterocycles. The highest BCUT2D eigenvalue weighted by atomic mass is 35.5. The first-order chi connectivity index (χ1) is 10.1. The molecule has 0 aliphatic carbocycles. The Labute approximate surface area is 134 Å². The summed E-state index contributed by atoms with van der Waals surface area (Å²) in [7, 11) is 0. The van der Waals surface area contributed by atoms with Gasteiger partial charge in [0.2, 0.25) is 0 Å². The van der Waals surface area contributed by atoms with Crippen molar-refractivity contribution in [2.24, 2.45) is 5.73 Å². The number of hydrogen-bond donors (Lipinski definition) is 1. The standard InChI is InChI=1S/C17H28ClN3/c1-4-14(3)20-7-9-21(10-8-20)17(12-19)16-6-5-15(18)11-13(16)2/h5-6,11,14,17H,4,7-10,12,19H2,1-3H3. The zero-order valence-electron chi connectivity index (χ0n) is 13.5. The Morgan fingerprint density at radius 2 is 1.81 bits per heavy atom. The number of nitrogens with two attached hydrogens (primary N) is 1. The van der Waals surface area contributed by atoms with E-state index in [2.05, 4.69) is 36.6 Å². The minimum absolute atomic E-state index is 0.307. The van der Waals surface area contributed by atoms with Crippen LogP contribution >= 0.6 is 11.6 Å². The largest absolute Gasteiger partial charge is 0.329 e. The van der Waals surface area contributed by atoms with Crippen molar-refractivity contribution in [3.05, 3.63) is 34.3 Å². The average molecular weight is 310 g/mol. The second-order valence-corrected chi connectivity index (χ2v) is 6.52. The highest BCUT2D eigenvalue weighted by molar-refractivity contribution is 6.30. The number of hydrogen-bond acceptors (Lipinski definition) is 3. The fourth-order valence-electron chi connectivity index (χ4n) is 3.23. The lowest BCUT2D eigenvalue weighted by molar-refractivity contribution is 0.0742. The molecular weight excluding hydrogens is 282 g/mol. The van der Waals surface area contributed by atoms with Crippen LogP contribution < -0.4 is 5.73 Å². The van der Waals surface area contributed by atoms with Crippen LogP contribution in [0.15, 0.2) is 18.2 Å². The van der Waals surface area contributed by atoms with Crippen molar-refractivity contribution in [1.29, 1.82) is 0 Å². The van der Waals surface area contributed by atoms with Gasteiger partial charge in [0.25, 0.3) is 0 Å². The molecule has 2 unspecified atom stereocenters. The second kappa shape index (κ2) is 7.59. The molecule has 1 aromatic carbocycles. The maximum Gasteiger partial charge on any atom is 0.0474 e. The number of benzene rings is 1. The van der Waals surface area contributed by atoms with E-state index in [1.165, 1.54) is 17.5 Å². The molecule has 1 aliphatic rings. The Kier molecular flexibility index (Phi) is 6.06. The molecule has 1 aromatic rings. The first kappa shape index (κ1) is 16.8. The Balaban J connectivity index is 2.06. The van der Waals surface area contributed by atoms with Gasteiger partial charge in [-0.05, 0) is 43.5 Å². The predicted molar refractivity (Wildman–Crippen MR) is 90.9 cm³/mol. The Morgan fingerprint density at radius 3 is 2.33 bits per heavy atom. The van der Waals surface area contributed by atoms with E-state index in [-0.39, 0.29) is 0 Å². The second-order valence-electron chi connectivity index (χ2n) is 6.08. The summed E-state index contributed by atoms with van der Waals surface area (Å²) in [6.45, 7) is 11.8. The molecule has 2 rings (SSSR count). The van der Waals surface area contributed by atoms with Crippen LogP contribution in [0.25, 0.3) is 0 Å². The number of halogens is 1. The predicted octanol–water partition coefficient (Wildman–Crippen LogP) is 3.06. The smallest absolute Gasteiger partial charge is 0.0474 e. The highest BCUT2D eigenvalue weighted by Crippen LogP contribution is 2.26. The van der Waals surface area contributed by atoms with Crippen molar-refractivity contribution in [1.82, 2.24) is 9.80 Å². The van der Waals surface area contributed by atoms with Gasteiger partial charge in [0.05, 0.1) is 0 Å². The quantitative estimate of drug-likeness (QED) is 0.907. The molecule has 3 nitrogen and oxygen atoms in total. The van der Waals surface area contributed by atoms with Gasteiger partial charge in [-0.3, -0.25) is 9.80 Å². The molecule has 1 heterocycles. The molecule has 2 atom stereocenters. The van der Waals surface area contributed by atoms with Crippen LogP contribution in [-0.4, -0.2) is 48.6 Å². The summed E-state index contributed by atoms with van der Waals surface area (Å²) in [6.07, 6.45) is 1.22. The molecule has 21 heavy (non-hydrogen) atoms. The molecule has 4 heteroatoms. The first-order valence-corrected chi connectivity index (χ1v) is 8.38. The van der Waals surface area contributed by atoms with Crippen LogP contribution in [0.4, 0.5) is 0 Å². The molecule has 1 fully saturated rings. The number of nitrogens with zero attached hydrogens (tertiary/aromatic N) is 2. The van der Waals surface area contributed by atoms with Gasteiger partial charge in [-0.15, -0.1) is 0 Å². The lowest BCUT2D eigenvalue weighted by Crippen LogP contribution is -2.51. The normalized spacial score (nSPS) is 20.4. The van der Waals surface area contributed by atoms with Crippen molar-refractivity contribution < 1.29 is 0 Å². The van der Waals surface area contributed by atoms with E-state index in [1.54, 1.807) is 0 Å². The van der Waals surface area contributed by atoms with Crippen molar-refractivity contribution in [3.8, 4) is 0 Å². The van der Waals surface area contributed by atoms with Crippen molar-refractivity contribution in [3.63, 3.8) is 0 Å². The van der Waals surface area contributed by atoms with E-state index in [0.29, 0.717) is 18.6 Å². The fraction of sp³-hybridized carbons (Fsp3) is 0.647. The molecule has 0 aromatic heterocycles. The van der Waals surface area contributed by atoms with Gasteiger partial charge in [0.15, 0.2) is 0 Å². The van der Waals surface area contributed by atoms with Gasteiger partial charge in [-0.1, -0.05) is 24.6 Å². The van der Waals surface area contributed by atoms with Crippen molar-refractivity contribution >= 4 is 11.6 Å². The molecular formula is C17H28ClN3. The maximum atomic E-state index is 6.07. The Morgan fingerprint density at radius 1 is 1.19 bits per heavy atom. The van der Waals surface area contributed by atoms with Crippen LogP contribution in [0, 0.1) is 6.92 Å². The van der Waals surface area contributed by atoms with E-state index in [9.17, 15) is 0 Å². The van der Waals surface area contributed by atoms with Gasteiger partial charge in [0, 0.05) is 49.8 Å². The Hall–Kier alpha value is -0.610. The van der Waals surface area contributed by atoms with E-state index in [0.717, 1.165) is 31.2 Å². The number of aryl methyl sites for hydroxylation is 1. The summed E-state index contributed by atoms with van der Waals surface area (Å²) in [5, 5.41) is 0.800. The van der Waals surface area contributed by atoms with Gasteiger partial charge in [-0.25, -0.2) is 0 Å². The molecule has 0 saturated carbocycles. The molecule has 118 valence electrons. The van der Waals surface area contributed by atoms with E-state index >= 15 is 0 Å². The van der Waals surface area contributed by atoms with Gasteiger partial charge in [-0.2, -0.15) is 0 Å². The zero-order chi connectivity index (χ0) is 15.4. The van der Waals surface area contributed by atoms with Crippen molar-refractivity contribution in [2.45, 2.75) is 39.3 Å². The number of rotatable bonds is 5. The molecule has 0 radical (unpaired) electrons. The van der Waals surface area contributed by atoms with E-state index in [1.807, 2.05) is 12.1 Å². The monoisotopic (exact) mass is 309 g/mol. The molecule has 1 aliphatic heterocycles. The van der Waals surface area contributed by atoms with E-state index < -0.39 is 0 Å². The third kappa shape index (κ3) is 3.98. The van der Waals surface area contributed by atoms with Gasteiger partial charge < -0.3 is 5.73 Å². The Bertz CT molecular complexity index is 455. The highest BCUT2D eigenvalue weighted by Gasteiger charge is 2.26. The maximum absolute atomic E-state index is 6.07. The SMILES string of the molecule is CCC(C)N1CCN(C(CN)c2ccc(Cl)cc2C)CC1. The zero-order valence-corrected chi connectivity index (χ0v) is 14.2. The van der Waals surface area contributed by atoms with Crippen molar-refractivity contribution in [2.75, 3.05) is 32.7 Å². The van der Waals surface area contributed by atoms with Crippen LogP contribution in [-0.2, 0) is 0 Å². The molecule has 2 N–H and O–H groups in total. The minimum Gasteiger partial charge on any atom is -0.329 e. The van der Waals surface area contributed by atoms with Crippen LogP contribution in [0.3, 0.4) is 0 Å². The molecule has 0 spiro atoms. The summed E-state index contributed by atoms with van der Waals surface area (Å²) in [5.74, 6) is 0. The lowest BCUT2D eigenvalue weighted by atomic mass is 9.99. The third-order valence-electron chi connectivity index (χ3n) is 4.82. The summed E-state index contributed by atoms with van der Waals surface area (Å²) in [4.78, 5) is 5.11. The molecule has 0 bridgehead atoms. The fourth-order valence-corrected chi connectivity index (χ4v) is 3.46. The van der Waals surface area contributed by atoms with E-state index in [4.69, 9.17) is 17.3 Å². The lowest BCUT2D eigenvalue weighted by Gasteiger charge is -2.41. The summed E-state index contributed by atoms with van der Waals surface area (Å²) >= 11 is 6.07. The van der Waals surface area contributed by atoms with Crippen LogP contribution in [0.1, 0.15) is 37.4 Å². The topological polar surface area (TPSA) is 32.5 Å².